The molecule has 0 heterocycles. The number of nitrogens with one attached hydrogen (secondary N) is 1. The number of halogens is 1. The number of hydrogen-bond acceptors (Lipinski definition) is 2. The highest BCUT2D eigenvalue weighted by Crippen LogP contribution is 2.16. The average molecular weight is 213 g/mol. The van der Waals surface area contributed by atoms with Gasteiger partial charge in [0.2, 0.25) is 0 Å². The van der Waals surface area contributed by atoms with Gasteiger partial charge in [0.1, 0.15) is 0 Å². The van der Waals surface area contributed by atoms with Crippen LogP contribution in [-0.4, -0.2) is 12.6 Å². The van der Waals surface area contributed by atoms with Crippen molar-refractivity contribution in [3.8, 4) is 0 Å². The van der Waals surface area contributed by atoms with Crippen LogP contribution in [0, 0.1) is 0 Å². The highest BCUT2D eigenvalue weighted by atomic mass is 35.5. The Kier molecular flexibility index (Phi) is 4.39. The Morgan fingerprint density at radius 2 is 1.86 bits per heavy atom. The van der Waals surface area contributed by atoms with Crippen LogP contribution in [-0.2, 0) is 0 Å². The zero-order chi connectivity index (χ0) is 10.6. The summed E-state index contributed by atoms with van der Waals surface area (Å²) in [5, 5.41) is 4.17. The van der Waals surface area contributed by atoms with Crippen molar-refractivity contribution in [2.24, 2.45) is 5.73 Å². The Bertz CT molecular complexity index is 271. The normalized spacial score (nSPS) is 15.1. The zero-order valence-corrected chi connectivity index (χ0v) is 9.38. The number of nitrogens with two attached hydrogens (primary N) is 1. The van der Waals surface area contributed by atoms with Gasteiger partial charge < -0.3 is 11.1 Å². The summed E-state index contributed by atoms with van der Waals surface area (Å²) in [4.78, 5) is 0. The summed E-state index contributed by atoms with van der Waals surface area (Å²) in [6.45, 7) is 4.85. The lowest BCUT2D eigenvalue weighted by Crippen LogP contribution is -2.34. The van der Waals surface area contributed by atoms with Crippen molar-refractivity contribution in [2.75, 3.05) is 6.54 Å². The molecule has 0 saturated carbocycles. The maximum atomic E-state index is 5.81. The van der Waals surface area contributed by atoms with Gasteiger partial charge in [-0.25, -0.2) is 0 Å². The first-order valence-electron chi connectivity index (χ1n) is 4.85. The van der Waals surface area contributed by atoms with Crippen molar-refractivity contribution in [3.05, 3.63) is 34.9 Å². The van der Waals surface area contributed by atoms with Crippen molar-refractivity contribution < 1.29 is 0 Å². The van der Waals surface area contributed by atoms with Gasteiger partial charge in [0.15, 0.2) is 0 Å². The van der Waals surface area contributed by atoms with E-state index in [0.29, 0.717) is 18.6 Å². The lowest BCUT2D eigenvalue weighted by molar-refractivity contribution is 0.485. The van der Waals surface area contributed by atoms with E-state index in [1.807, 2.05) is 24.3 Å². The molecule has 0 aliphatic rings. The van der Waals surface area contributed by atoms with Crippen LogP contribution >= 0.6 is 11.6 Å². The van der Waals surface area contributed by atoms with Crippen molar-refractivity contribution in [1.82, 2.24) is 5.32 Å². The molecule has 3 heteroatoms. The molecule has 3 N–H and O–H groups in total. The van der Waals surface area contributed by atoms with Gasteiger partial charge in [-0.3, -0.25) is 0 Å². The van der Waals surface area contributed by atoms with Crippen LogP contribution < -0.4 is 11.1 Å². The second-order valence-corrected chi connectivity index (χ2v) is 4.01. The first-order chi connectivity index (χ1) is 6.63. The van der Waals surface area contributed by atoms with E-state index in [4.69, 9.17) is 17.3 Å². The molecule has 0 bridgehead atoms. The van der Waals surface area contributed by atoms with Gasteiger partial charge in [0, 0.05) is 23.7 Å². The van der Waals surface area contributed by atoms with Crippen LogP contribution in [0.2, 0.25) is 5.02 Å². The molecule has 0 amide bonds. The first-order valence-corrected chi connectivity index (χ1v) is 5.23. The van der Waals surface area contributed by atoms with Crippen LogP contribution in [0.15, 0.2) is 24.3 Å². The molecule has 1 unspecified atom stereocenters. The van der Waals surface area contributed by atoms with Crippen LogP contribution in [0.5, 0.6) is 0 Å². The Balaban J connectivity index is 2.60. The predicted molar refractivity (Wildman–Crippen MR) is 61.5 cm³/mol. The minimum Gasteiger partial charge on any atom is -0.329 e. The molecule has 1 aromatic rings. The largest absolute Gasteiger partial charge is 0.329 e. The highest BCUT2D eigenvalue weighted by Gasteiger charge is 2.07. The zero-order valence-electron chi connectivity index (χ0n) is 8.63. The van der Waals surface area contributed by atoms with E-state index in [2.05, 4.69) is 19.2 Å². The van der Waals surface area contributed by atoms with Crippen molar-refractivity contribution in [2.45, 2.75) is 25.9 Å². The Morgan fingerprint density at radius 3 is 2.36 bits per heavy atom. The standard InChI is InChI=1S/C11H17ClN2/c1-8(7-13)14-9(2)10-3-5-11(12)6-4-10/h3-6,8-9,14H,7,13H2,1-2H3/t8?,9-/m0/s1. The molecule has 0 spiro atoms. The quantitative estimate of drug-likeness (QED) is 0.804. The number of benzene rings is 1. The van der Waals surface area contributed by atoms with Gasteiger partial charge in [0.05, 0.1) is 0 Å². The van der Waals surface area contributed by atoms with Crippen LogP contribution in [0.25, 0.3) is 0 Å². The maximum absolute atomic E-state index is 5.81. The summed E-state index contributed by atoms with van der Waals surface area (Å²) in [6.07, 6.45) is 0. The molecule has 0 aliphatic heterocycles. The highest BCUT2D eigenvalue weighted by molar-refractivity contribution is 6.30. The molecule has 0 aliphatic carbocycles. The van der Waals surface area contributed by atoms with E-state index < -0.39 is 0 Å². The van der Waals surface area contributed by atoms with Crippen molar-refractivity contribution in [1.29, 1.82) is 0 Å². The molecule has 78 valence electrons. The van der Waals surface area contributed by atoms with E-state index in [9.17, 15) is 0 Å². The van der Waals surface area contributed by atoms with Gasteiger partial charge in [-0.1, -0.05) is 23.7 Å². The minimum atomic E-state index is 0.311. The third-order valence-corrected chi connectivity index (χ3v) is 2.51. The summed E-state index contributed by atoms with van der Waals surface area (Å²) >= 11 is 5.81. The minimum absolute atomic E-state index is 0.311. The second-order valence-electron chi connectivity index (χ2n) is 3.58. The molecular weight excluding hydrogens is 196 g/mol. The van der Waals surface area contributed by atoms with Gasteiger partial charge in [0.25, 0.3) is 0 Å². The lowest BCUT2D eigenvalue weighted by Gasteiger charge is -2.18. The molecular formula is C11H17ClN2. The van der Waals surface area contributed by atoms with Crippen molar-refractivity contribution in [3.63, 3.8) is 0 Å². The van der Waals surface area contributed by atoms with E-state index in [1.54, 1.807) is 0 Å². The summed E-state index contributed by atoms with van der Waals surface area (Å²) < 4.78 is 0. The summed E-state index contributed by atoms with van der Waals surface area (Å²) in [6, 6.07) is 8.52. The van der Waals surface area contributed by atoms with Crippen LogP contribution in [0.1, 0.15) is 25.5 Å². The molecule has 0 fully saturated rings. The van der Waals surface area contributed by atoms with E-state index in [1.165, 1.54) is 5.56 Å². The van der Waals surface area contributed by atoms with Crippen LogP contribution in [0.4, 0.5) is 0 Å². The summed E-state index contributed by atoms with van der Waals surface area (Å²) in [7, 11) is 0. The van der Waals surface area contributed by atoms with Gasteiger partial charge >= 0.3 is 0 Å². The van der Waals surface area contributed by atoms with E-state index >= 15 is 0 Å². The molecule has 14 heavy (non-hydrogen) atoms. The Hall–Kier alpha value is -0.570. The summed E-state index contributed by atoms with van der Waals surface area (Å²) in [5.74, 6) is 0. The fourth-order valence-corrected chi connectivity index (χ4v) is 1.47. The van der Waals surface area contributed by atoms with Crippen molar-refractivity contribution >= 4 is 11.6 Å². The first kappa shape index (κ1) is 11.5. The number of rotatable bonds is 4. The Labute approximate surface area is 90.4 Å². The second kappa shape index (κ2) is 5.35. The SMILES string of the molecule is CC(CN)N[C@@H](C)c1ccc(Cl)cc1. The Morgan fingerprint density at radius 1 is 1.29 bits per heavy atom. The van der Waals surface area contributed by atoms with E-state index in [0.717, 1.165) is 5.02 Å². The van der Waals surface area contributed by atoms with Gasteiger partial charge in [-0.2, -0.15) is 0 Å². The topological polar surface area (TPSA) is 38.0 Å². The molecule has 0 saturated heterocycles. The fraction of sp³-hybridized carbons (Fsp3) is 0.455. The molecule has 0 radical (unpaired) electrons. The molecule has 2 atom stereocenters. The molecule has 1 aromatic carbocycles. The number of hydrogen-bond donors (Lipinski definition) is 2. The molecule has 1 rings (SSSR count). The van der Waals surface area contributed by atoms with Gasteiger partial charge in [-0.15, -0.1) is 0 Å². The smallest absolute Gasteiger partial charge is 0.0406 e. The van der Waals surface area contributed by atoms with Crippen LogP contribution in [0.3, 0.4) is 0 Å². The lowest BCUT2D eigenvalue weighted by atomic mass is 10.1. The predicted octanol–water partition coefficient (Wildman–Crippen LogP) is 2.34. The summed E-state index contributed by atoms with van der Waals surface area (Å²) in [5.41, 5.74) is 6.77. The van der Waals surface area contributed by atoms with Gasteiger partial charge in [-0.05, 0) is 31.5 Å². The van der Waals surface area contributed by atoms with E-state index in [-0.39, 0.29) is 0 Å². The monoisotopic (exact) mass is 212 g/mol. The molecule has 0 aromatic heterocycles. The molecule has 2 nitrogen and oxygen atoms in total. The maximum Gasteiger partial charge on any atom is 0.0406 e. The average Bonchev–Trinajstić information content (AvgIpc) is 2.18. The third kappa shape index (κ3) is 3.29. The third-order valence-electron chi connectivity index (χ3n) is 2.26. The fourth-order valence-electron chi connectivity index (χ4n) is 1.34.